The molecule has 2 aromatic carbocycles. The van der Waals surface area contributed by atoms with Crippen LogP contribution in [0.1, 0.15) is 27.0 Å². The standard InChI is InChI=1S/C17H19NO2/c1-11-9-10-12(2)16(13(11)3)18-15-8-6-5-7-14(15)17(19)20-4/h5-10,18H,1-4H3. The number of para-hydroxylation sites is 1. The van der Waals surface area contributed by atoms with Crippen LogP contribution in [0.15, 0.2) is 36.4 Å². The highest BCUT2D eigenvalue weighted by Crippen LogP contribution is 2.28. The molecule has 0 saturated heterocycles. The molecule has 0 aliphatic heterocycles. The average Bonchev–Trinajstić information content (AvgIpc) is 2.47. The highest BCUT2D eigenvalue weighted by molar-refractivity contribution is 5.96. The van der Waals surface area contributed by atoms with Crippen molar-refractivity contribution >= 4 is 17.3 Å². The quantitative estimate of drug-likeness (QED) is 0.851. The molecule has 104 valence electrons. The normalized spacial score (nSPS) is 10.2. The molecular formula is C17H19NO2. The lowest BCUT2D eigenvalue weighted by Gasteiger charge is -2.16. The SMILES string of the molecule is COC(=O)c1ccccc1Nc1c(C)ccc(C)c1C. The maximum atomic E-state index is 11.8. The van der Waals surface area contributed by atoms with Crippen molar-refractivity contribution < 1.29 is 9.53 Å². The molecule has 0 amide bonds. The Morgan fingerprint density at radius 1 is 1.00 bits per heavy atom. The lowest BCUT2D eigenvalue weighted by molar-refractivity contribution is 0.0602. The van der Waals surface area contributed by atoms with Gasteiger partial charge in [0.15, 0.2) is 0 Å². The maximum Gasteiger partial charge on any atom is 0.339 e. The van der Waals surface area contributed by atoms with Crippen LogP contribution in [0, 0.1) is 20.8 Å². The van der Waals surface area contributed by atoms with Crippen molar-refractivity contribution in [2.45, 2.75) is 20.8 Å². The molecule has 2 aromatic rings. The largest absolute Gasteiger partial charge is 0.465 e. The molecule has 3 heteroatoms. The molecule has 2 rings (SSSR count). The summed E-state index contributed by atoms with van der Waals surface area (Å²) in [6.45, 7) is 6.20. The molecule has 1 N–H and O–H groups in total. The Kier molecular flexibility index (Phi) is 4.08. The summed E-state index contributed by atoms with van der Waals surface area (Å²) < 4.78 is 4.82. The number of rotatable bonds is 3. The van der Waals surface area contributed by atoms with E-state index in [1.54, 1.807) is 6.07 Å². The Morgan fingerprint density at radius 3 is 2.35 bits per heavy atom. The Hall–Kier alpha value is -2.29. The van der Waals surface area contributed by atoms with Crippen LogP contribution >= 0.6 is 0 Å². The van der Waals surface area contributed by atoms with Crippen LogP contribution in [0.2, 0.25) is 0 Å². The number of anilines is 2. The van der Waals surface area contributed by atoms with Gasteiger partial charge in [0.1, 0.15) is 0 Å². The van der Waals surface area contributed by atoms with Crippen molar-refractivity contribution in [1.82, 2.24) is 0 Å². The first-order valence-corrected chi connectivity index (χ1v) is 6.55. The molecule has 0 heterocycles. The van der Waals surface area contributed by atoms with Crippen LogP contribution in [0.25, 0.3) is 0 Å². The van der Waals surface area contributed by atoms with Gasteiger partial charge in [0.2, 0.25) is 0 Å². The maximum absolute atomic E-state index is 11.8. The van der Waals surface area contributed by atoms with Gasteiger partial charge in [-0.3, -0.25) is 0 Å². The van der Waals surface area contributed by atoms with Crippen molar-refractivity contribution in [1.29, 1.82) is 0 Å². The minimum absolute atomic E-state index is 0.337. The zero-order chi connectivity index (χ0) is 14.7. The van der Waals surface area contributed by atoms with Crippen LogP contribution in [0.5, 0.6) is 0 Å². The van der Waals surface area contributed by atoms with Crippen LogP contribution in [0.4, 0.5) is 11.4 Å². The number of benzene rings is 2. The van der Waals surface area contributed by atoms with Crippen LogP contribution < -0.4 is 5.32 Å². The van der Waals surface area contributed by atoms with Crippen molar-refractivity contribution in [2.24, 2.45) is 0 Å². The van der Waals surface area contributed by atoms with Gasteiger partial charge in [-0.2, -0.15) is 0 Å². The van der Waals surface area contributed by atoms with Gasteiger partial charge in [-0.1, -0.05) is 24.3 Å². The molecule has 3 nitrogen and oxygen atoms in total. The Bertz CT molecular complexity index is 647. The summed E-state index contributed by atoms with van der Waals surface area (Å²) in [5.74, 6) is -0.337. The van der Waals surface area contributed by atoms with Gasteiger partial charge >= 0.3 is 5.97 Å². The first-order valence-electron chi connectivity index (χ1n) is 6.55. The van der Waals surface area contributed by atoms with Crippen LogP contribution in [-0.4, -0.2) is 13.1 Å². The minimum atomic E-state index is -0.337. The number of carbonyl (C=O) groups excluding carboxylic acids is 1. The van der Waals surface area contributed by atoms with Gasteiger partial charge in [-0.25, -0.2) is 4.79 Å². The molecule has 0 aliphatic rings. The number of aryl methyl sites for hydroxylation is 2. The fourth-order valence-corrected chi connectivity index (χ4v) is 2.16. The highest BCUT2D eigenvalue weighted by Gasteiger charge is 2.13. The molecule has 0 fully saturated rings. The van der Waals surface area contributed by atoms with Gasteiger partial charge in [0.25, 0.3) is 0 Å². The third kappa shape index (κ3) is 2.67. The summed E-state index contributed by atoms with van der Waals surface area (Å²) in [6.07, 6.45) is 0. The van der Waals surface area contributed by atoms with Crippen molar-refractivity contribution in [2.75, 3.05) is 12.4 Å². The molecule has 0 aromatic heterocycles. The first kappa shape index (κ1) is 14.1. The number of methoxy groups -OCH3 is 1. The first-order chi connectivity index (χ1) is 9.54. The summed E-state index contributed by atoms with van der Waals surface area (Å²) >= 11 is 0. The lowest BCUT2D eigenvalue weighted by Crippen LogP contribution is -2.06. The molecule has 0 saturated carbocycles. The number of nitrogens with one attached hydrogen (secondary N) is 1. The van der Waals surface area contributed by atoms with E-state index in [2.05, 4.69) is 38.2 Å². The van der Waals surface area contributed by atoms with E-state index in [9.17, 15) is 4.79 Å². The minimum Gasteiger partial charge on any atom is -0.465 e. The molecule has 0 atom stereocenters. The van der Waals surface area contributed by atoms with Gasteiger partial charge in [-0.05, 0) is 49.6 Å². The Balaban J connectivity index is 2.46. The third-order valence-electron chi connectivity index (χ3n) is 3.54. The molecule has 20 heavy (non-hydrogen) atoms. The van der Waals surface area contributed by atoms with Gasteiger partial charge < -0.3 is 10.1 Å². The molecular weight excluding hydrogens is 250 g/mol. The molecule has 0 bridgehead atoms. The summed E-state index contributed by atoms with van der Waals surface area (Å²) in [5.41, 5.74) is 5.89. The Labute approximate surface area is 119 Å². The monoisotopic (exact) mass is 269 g/mol. The third-order valence-corrected chi connectivity index (χ3v) is 3.54. The molecule has 0 unspecified atom stereocenters. The predicted molar refractivity (Wildman–Crippen MR) is 81.7 cm³/mol. The van der Waals surface area contributed by atoms with Crippen LogP contribution in [0.3, 0.4) is 0 Å². The van der Waals surface area contributed by atoms with Gasteiger partial charge in [0, 0.05) is 5.69 Å². The average molecular weight is 269 g/mol. The summed E-state index contributed by atoms with van der Waals surface area (Å²) in [4.78, 5) is 11.8. The smallest absolute Gasteiger partial charge is 0.339 e. The number of ether oxygens (including phenoxy) is 1. The van der Waals surface area contributed by atoms with E-state index in [-0.39, 0.29) is 5.97 Å². The van der Waals surface area contributed by atoms with Crippen molar-refractivity contribution in [3.63, 3.8) is 0 Å². The highest BCUT2D eigenvalue weighted by atomic mass is 16.5. The predicted octanol–water partition coefficient (Wildman–Crippen LogP) is 4.14. The van der Waals surface area contributed by atoms with Crippen LogP contribution in [-0.2, 0) is 4.74 Å². The summed E-state index contributed by atoms with van der Waals surface area (Å²) in [5, 5.41) is 3.36. The van der Waals surface area contributed by atoms with E-state index in [0.717, 1.165) is 16.9 Å². The molecule has 0 radical (unpaired) electrons. The number of hydrogen-bond donors (Lipinski definition) is 1. The fraction of sp³-hybridized carbons (Fsp3) is 0.235. The van der Waals surface area contributed by atoms with E-state index in [0.29, 0.717) is 5.56 Å². The van der Waals surface area contributed by atoms with Gasteiger partial charge in [0.05, 0.1) is 18.4 Å². The summed E-state index contributed by atoms with van der Waals surface area (Å²) in [7, 11) is 1.39. The molecule has 0 spiro atoms. The van der Waals surface area contributed by atoms with Gasteiger partial charge in [-0.15, -0.1) is 0 Å². The zero-order valence-corrected chi connectivity index (χ0v) is 12.3. The lowest BCUT2D eigenvalue weighted by atomic mass is 10.0. The zero-order valence-electron chi connectivity index (χ0n) is 12.3. The second kappa shape index (κ2) is 5.78. The van der Waals surface area contributed by atoms with E-state index in [1.165, 1.54) is 18.2 Å². The Morgan fingerprint density at radius 2 is 1.65 bits per heavy atom. The molecule has 0 aliphatic carbocycles. The van der Waals surface area contributed by atoms with E-state index in [4.69, 9.17) is 4.74 Å². The van der Waals surface area contributed by atoms with Crippen molar-refractivity contribution in [3.8, 4) is 0 Å². The van der Waals surface area contributed by atoms with E-state index in [1.807, 2.05) is 18.2 Å². The number of carbonyl (C=O) groups is 1. The van der Waals surface area contributed by atoms with E-state index >= 15 is 0 Å². The van der Waals surface area contributed by atoms with Crippen molar-refractivity contribution in [3.05, 3.63) is 58.7 Å². The second-order valence-electron chi connectivity index (χ2n) is 4.86. The summed E-state index contributed by atoms with van der Waals surface area (Å²) in [6, 6.07) is 11.5. The topological polar surface area (TPSA) is 38.3 Å². The fourth-order valence-electron chi connectivity index (χ4n) is 2.16. The second-order valence-corrected chi connectivity index (χ2v) is 4.86. The number of hydrogen-bond acceptors (Lipinski definition) is 3. The van der Waals surface area contributed by atoms with E-state index < -0.39 is 0 Å². The number of esters is 1.